The number of nitrogens with zero attached hydrogens (tertiary/aromatic N) is 1. The molecule has 0 radical (unpaired) electrons. The van der Waals surface area contributed by atoms with Crippen molar-refractivity contribution >= 4 is 12.2 Å². The van der Waals surface area contributed by atoms with Gasteiger partial charge in [-0.15, -0.1) is 0 Å². The van der Waals surface area contributed by atoms with Gasteiger partial charge in [-0.2, -0.15) is 0 Å². The normalized spacial score (nSPS) is 10.6. The van der Waals surface area contributed by atoms with Gasteiger partial charge in [0.1, 0.15) is 16.3 Å². The SMILES string of the molecule is Cc1cc(F)cc(-c2nc(=S)c(C)c(C)[nH]2)c1. The highest BCUT2D eigenvalue weighted by molar-refractivity contribution is 7.71. The van der Waals surface area contributed by atoms with Crippen LogP contribution in [0.1, 0.15) is 16.8 Å². The largest absolute Gasteiger partial charge is 0.343 e. The maximum absolute atomic E-state index is 13.3. The van der Waals surface area contributed by atoms with Crippen LogP contribution in [0.3, 0.4) is 0 Å². The smallest absolute Gasteiger partial charge is 0.139 e. The number of aromatic nitrogens is 2. The van der Waals surface area contributed by atoms with E-state index in [1.54, 1.807) is 0 Å². The Kier molecular flexibility index (Phi) is 3.07. The van der Waals surface area contributed by atoms with Crippen LogP contribution in [0.4, 0.5) is 4.39 Å². The van der Waals surface area contributed by atoms with Gasteiger partial charge in [0.2, 0.25) is 0 Å². The molecule has 1 heterocycles. The van der Waals surface area contributed by atoms with Crippen molar-refractivity contribution in [2.75, 3.05) is 0 Å². The highest BCUT2D eigenvalue weighted by atomic mass is 32.1. The third-order valence-corrected chi connectivity index (χ3v) is 3.12. The molecule has 1 N–H and O–H groups in total. The fourth-order valence-electron chi connectivity index (χ4n) is 1.65. The molecular weight excluding hydrogens is 235 g/mol. The van der Waals surface area contributed by atoms with Crippen molar-refractivity contribution in [2.45, 2.75) is 20.8 Å². The van der Waals surface area contributed by atoms with Gasteiger partial charge in [-0.25, -0.2) is 9.37 Å². The predicted molar refractivity (Wildman–Crippen MR) is 69.0 cm³/mol. The molecule has 1 aromatic carbocycles. The number of nitrogens with one attached hydrogen (secondary N) is 1. The quantitative estimate of drug-likeness (QED) is 0.776. The van der Waals surface area contributed by atoms with E-state index in [4.69, 9.17) is 12.2 Å². The Morgan fingerprint density at radius 1 is 1.18 bits per heavy atom. The Labute approximate surface area is 105 Å². The number of hydrogen-bond acceptors (Lipinski definition) is 2. The fraction of sp³-hybridized carbons (Fsp3) is 0.231. The molecule has 88 valence electrons. The Morgan fingerprint density at radius 3 is 2.47 bits per heavy atom. The van der Waals surface area contributed by atoms with Crippen LogP contribution in [0, 0.1) is 31.2 Å². The van der Waals surface area contributed by atoms with E-state index in [9.17, 15) is 4.39 Å². The molecule has 4 heteroatoms. The van der Waals surface area contributed by atoms with Gasteiger partial charge in [-0.3, -0.25) is 0 Å². The van der Waals surface area contributed by atoms with Crippen LogP contribution in [0.15, 0.2) is 18.2 Å². The van der Waals surface area contributed by atoms with E-state index in [1.807, 2.05) is 26.8 Å². The topological polar surface area (TPSA) is 28.7 Å². The fourth-order valence-corrected chi connectivity index (χ4v) is 1.90. The molecule has 0 unspecified atom stereocenters. The Balaban J connectivity index is 2.65. The average Bonchev–Trinajstić information content (AvgIpc) is 2.23. The Morgan fingerprint density at radius 2 is 1.88 bits per heavy atom. The summed E-state index contributed by atoms with van der Waals surface area (Å²) in [5.74, 6) is 0.347. The van der Waals surface area contributed by atoms with Crippen molar-refractivity contribution in [1.29, 1.82) is 0 Å². The van der Waals surface area contributed by atoms with Crippen molar-refractivity contribution in [2.24, 2.45) is 0 Å². The van der Waals surface area contributed by atoms with Crippen LogP contribution in [-0.4, -0.2) is 9.97 Å². The highest BCUT2D eigenvalue weighted by Crippen LogP contribution is 2.19. The summed E-state index contributed by atoms with van der Waals surface area (Å²) in [5.41, 5.74) is 3.50. The van der Waals surface area contributed by atoms with Crippen LogP contribution in [0.25, 0.3) is 11.4 Å². The zero-order valence-electron chi connectivity index (χ0n) is 9.97. The van der Waals surface area contributed by atoms with Gasteiger partial charge in [0.15, 0.2) is 0 Å². The molecule has 0 saturated heterocycles. The maximum atomic E-state index is 13.3. The average molecular weight is 248 g/mol. The summed E-state index contributed by atoms with van der Waals surface area (Å²) in [6.07, 6.45) is 0. The van der Waals surface area contributed by atoms with Gasteiger partial charge in [0.05, 0.1) is 0 Å². The molecule has 0 aliphatic rings. The zero-order valence-corrected chi connectivity index (χ0v) is 10.8. The first kappa shape index (κ1) is 11.9. The number of rotatable bonds is 1. The van der Waals surface area contributed by atoms with Crippen molar-refractivity contribution in [3.05, 3.63) is 45.5 Å². The van der Waals surface area contributed by atoms with Gasteiger partial charge in [0, 0.05) is 16.8 Å². The molecule has 2 nitrogen and oxygen atoms in total. The number of halogens is 1. The molecule has 0 saturated carbocycles. The molecule has 0 bridgehead atoms. The third-order valence-electron chi connectivity index (χ3n) is 2.72. The van der Waals surface area contributed by atoms with Gasteiger partial charge >= 0.3 is 0 Å². The minimum absolute atomic E-state index is 0.264. The minimum atomic E-state index is -0.264. The molecule has 1 aromatic heterocycles. The molecule has 2 rings (SSSR count). The monoisotopic (exact) mass is 248 g/mol. The molecule has 0 fully saturated rings. The first-order chi connectivity index (χ1) is 7.97. The van der Waals surface area contributed by atoms with Gasteiger partial charge in [-0.05, 0) is 44.5 Å². The summed E-state index contributed by atoms with van der Waals surface area (Å²) >= 11 is 5.17. The summed E-state index contributed by atoms with van der Waals surface area (Å²) in [5, 5.41) is 0. The van der Waals surface area contributed by atoms with Gasteiger partial charge < -0.3 is 4.98 Å². The molecule has 0 spiro atoms. The summed E-state index contributed by atoms with van der Waals surface area (Å²) in [6, 6.07) is 4.82. The van der Waals surface area contributed by atoms with E-state index in [2.05, 4.69) is 9.97 Å². The van der Waals surface area contributed by atoms with E-state index >= 15 is 0 Å². The van der Waals surface area contributed by atoms with Gasteiger partial charge in [0.25, 0.3) is 0 Å². The van der Waals surface area contributed by atoms with Gasteiger partial charge in [-0.1, -0.05) is 12.2 Å². The maximum Gasteiger partial charge on any atom is 0.139 e. The standard InChI is InChI=1S/C13H13FN2S/c1-7-4-10(6-11(14)5-7)12-15-9(3)8(2)13(17)16-12/h4-6H,1-3H3,(H,15,16,17). The first-order valence-electron chi connectivity index (χ1n) is 5.32. The molecule has 2 aromatic rings. The number of aromatic amines is 1. The molecule has 0 aliphatic carbocycles. The number of aryl methyl sites for hydroxylation is 2. The summed E-state index contributed by atoms with van der Waals surface area (Å²) < 4.78 is 13.9. The van der Waals surface area contributed by atoms with Crippen molar-refractivity contribution in [1.82, 2.24) is 9.97 Å². The highest BCUT2D eigenvalue weighted by Gasteiger charge is 2.06. The van der Waals surface area contributed by atoms with Crippen molar-refractivity contribution in [3.63, 3.8) is 0 Å². The Bertz CT molecular complexity index is 612. The van der Waals surface area contributed by atoms with E-state index in [1.165, 1.54) is 12.1 Å². The number of H-pyrrole nitrogens is 1. The number of hydrogen-bond donors (Lipinski definition) is 1. The van der Waals surface area contributed by atoms with E-state index in [-0.39, 0.29) is 5.82 Å². The first-order valence-corrected chi connectivity index (χ1v) is 5.73. The summed E-state index contributed by atoms with van der Waals surface area (Å²) in [4.78, 5) is 7.42. The van der Waals surface area contributed by atoms with Crippen LogP contribution in [0.5, 0.6) is 0 Å². The second-order valence-electron chi connectivity index (χ2n) is 4.16. The predicted octanol–water partition coefficient (Wildman–Crippen LogP) is 3.87. The van der Waals surface area contributed by atoms with Crippen LogP contribution >= 0.6 is 12.2 Å². The minimum Gasteiger partial charge on any atom is -0.343 e. The molecule has 0 amide bonds. The second-order valence-corrected chi connectivity index (χ2v) is 4.54. The lowest BCUT2D eigenvalue weighted by atomic mass is 10.1. The third kappa shape index (κ3) is 2.42. The number of benzene rings is 1. The second kappa shape index (κ2) is 4.37. The van der Waals surface area contributed by atoms with Crippen molar-refractivity contribution < 1.29 is 4.39 Å². The lowest BCUT2D eigenvalue weighted by Crippen LogP contribution is -1.97. The molecule has 0 atom stereocenters. The van der Waals surface area contributed by atoms with E-state index < -0.39 is 0 Å². The molecule has 17 heavy (non-hydrogen) atoms. The summed E-state index contributed by atoms with van der Waals surface area (Å²) in [6.45, 7) is 5.70. The van der Waals surface area contributed by atoms with E-state index in [0.717, 1.165) is 22.4 Å². The molecule has 0 aliphatic heterocycles. The van der Waals surface area contributed by atoms with Crippen molar-refractivity contribution in [3.8, 4) is 11.4 Å². The Hall–Kier alpha value is -1.55. The van der Waals surface area contributed by atoms with Crippen LogP contribution < -0.4 is 0 Å². The van der Waals surface area contributed by atoms with E-state index in [0.29, 0.717) is 10.5 Å². The molecular formula is C13H13FN2S. The van der Waals surface area contributed by atoms with Crippen LogP contribution in [0.2, 0.25) is 0 Å². The van der Waals surface area contributed by atoms with Crippen LogP contribution in [-0.2, 0) is 0 Å². The summed E-state index contributed by atoms with van der Waals surface area (Å²) in [7, 11) is 0. The lowest BCUT2D eigenvalue weighted by Gasteiger charge is -2.07. The zero-order chi connectivity index (χ0) is 12.6. The lowest BCUT2D eigenvalue weighted by molar-refractivity contribution is 0.627.